The molecule has 2 aromatic rings. The molecule has 0 fully saturated rings. The summed E-state index contributed by atoms with van der Waals surface area (Å²) < 4.78 is 0. The van der Waals surface area contributed by atoms with Crippen LogP contribution < -0.4 is 16.0 Å². The van der Waals surface area contributed by atoms with Gasteiger partial charge in [-0.3, -0.25) is 14.9 Å². The van der Waals surface area contributed by atoms with Gasteiger partial charge in [-0.1, -0.05) is 6.07 Å². The summed E-state index contributed by atoms with van der Waals surface area (Å²) in [5.41, 5.74) is 3.96. The SMILES string of the molecule is CC1=C(C(=O)Nc2cc(C)cc(C)c2)[C@H](c2ccc([N+](=O)[O-])cc2)NC(=O)N1. The summed E-state index contributed by atoms with van der Waals surface area (Å²) in [6.07, 6.45) is 0. The number of aryl methyl sites for hydroxylation is 2. The van der Waals surface area contributed by atoms with Gasteiger partial charge in [-0.15, -0.1) is 0 Å². The summed E-state index contributed by atoms with van der Waals surface area (Å²) >= 11 is 0. The van der Waals surface area contributed by atoms with E-state index in [9.17, 15) is 19.7 Å². The fourth-order valence-corrected chi connectivity index (χ4v) is 3.28. The second kappa shape index (κ2) is 7.51. The monoisotopic (exact) mass is 380 g/mol. The van der Waals surface area contributed by atoms with Crippen molar-refractivity contribution in [3.05, 3.63) is 80.5 Å². The third-order valence-electron chi connectivity index (χ3n) is 4.43. The number of nitrogens with zero attached hydrogens (tertiary/aromatic N) is 1. The average molecular weight is 380 g/mol. The number of non-ortho nitro benzene ring substituents is 1. The molecule has 0 unspecified atom stereocenters. The minimum Gasteiger partial charge on any atom is -0.327 e. The number of nitro groups is 1. The Morgan fingerprint density at radius 3 is 2.25 bits per heavy atom. The zero-order valence-corrected chi connectivity index (χ0v) is 15.7. The number of nitrogens with one attached hydrogen (secondary N) is 3. The molecule has 2 aromatic carbocycles. The van der Waals surface area contributed by atoms with Crippen LogP contribution in [0.3, 0.4) is 0 Å². The molecule has 1 heterocycles. The van der Waals surface area contributed by atoms with Crippen LogP contribution in [0, 0.1) is 24.0 Å². The van der Waals surface area contributed by atoms with E-state index in [1.807, 2.05) is 32.0 Å². The molecule has 1 atom stereocenters. The van der Waals surface area contributed by atoms with E-state index in [-0.39, 0.29) is 11.6 Å². The minimum atomic E-state index is -0.722. The topological polar surface area (TPSA) is 113 Å². The Kier molecular flexibility index (Phi) is 5.12. The van der Waals surface area contributed by atoms with Gasteiger partial charge in [0.15, 0.2) is 0 Å². The third-order valence-corrected chi connectivity index (χ3v) is 4.43. The number of hydrogen-bond acceptors (Lipinski definition) is 4. The molecular weight excluding hydrogens is 360 g/mol. The zero-order chi connectivity index (χ0) is 20.4. The van der Waals surface area contributed by atoms with Crippen molar-refractivity contribution in [1.82, 2.24) is 10.6 Å². The van der Waals surface area contributed by atoms with Crippen LogP contribution in [0.4, 0.5) is 16.2 Å². The normalized spacial score (nSPS) is 16.2. The van der Waals surface area contributed by atoms with E-state index in [2.05, 4.69) is 16.0 Å². The first-order valence-corrected chi connectivity index (χ1v) is 8.67. The highest BCUT2D eigenvalue weighted by molar-refractivity contribution is 6.06. The molecule has 0 saturated carbocycles. The standard InChI is InChI=1S/C20H20N4O4/c1-11-8-12(2)10-15(9-11)22-19(25)17-13(3)21-20(26)23-18(17)14-4-6-16(7-5-14)24(27)28/h4-10,18H,1-3H3,(H,22,25)(H2,21,23,26)/t18-/m0/s1. The van der Waals surface area contributed by atoms with Gasteiger partial charge in [0.1, 0.15) is 0 Å². The highest BCUT2D eigenvalue weighted by atomic mass is 16.6. The molecule has 0 spiro atoms. The highest BCUT2D eigenvalue weighted by Crippen LogP contribution is 2.29. The van der Waals surface area contributed by atoms with Crippen LogP contribution in [0.1, 0.15) is 29.7 Å². The van der Waals surface area contributed by atoms with Gasteiger partial charge in [-0.2, -0.15) is 0 Å². The van der Waals surface area contributed by atoms with Crippen LogP contribution in [0.15, 0.2) is 53.7 Å². The van der Waals surface area contributed by atoms with Gasteiger partial charge in [-0.25, -0.2) is 4.79 Å². The lowest BCUT2D eigenvalue weighted by Gasteiger charge is -2.28. The first-order valence-electron chi connectivity index (χ1n) is 8.67. The lowest BCUT2D eigenvalue weighted by Crippen LogP contribution is -2.45. The van der Waals surface area contributed by atoms with Crippen molar-refractivity contribution >= 4 is 23.3 Å². The van der Waals surface area contributed by atoms with Gasteiger partial charge in [0.05, 0.1) is 16.5 Å². The average Bonchev–Trinajstić information content (AvgIpc) is 2.60. The molecule has 0 aliphatic carbocycles. The molecule has 0 saturated heterocycles. The molecule has 8 nitrogen and oxygen atoms in total. The second-order valence-corrected chi connectivity index (χ2v) is 6.75. The van der Waals surface area contributed by atoms with Gasteiger partial charge in [0.2, 0.25) is 0 Å². The minimum absolute atomic E-state index is 0.0639. The number of rotatable bonds is 4. The van der Waals surface area contributed by atoms with Crippen molar-refractivity contribution in [2.24, 2.45) is 0 Å². The Labute approximate surface area is 161 Å². The van der Waals surface area contributed by atoms with Crippen LogP contribution in [-0.2, 0) is 4.79 Å². The number of hydrogen-bond donors (Lipinski definition) is 3. The Balaban J connectivity index is 1.94. The van der Waals surface area contributed by atoms with Crippen LogP contribution in [-0.4, -0.2) is 16.9 Å². The maximum Gasteiger partial charge on any atom is 0.319 e. The van der Waals surface area contributed by atoms with Crippen LogP contribution in [0.25, 0.3) is 0 Å². The van der Waals surface area contributed by atoms with E-state index in [4.69, 9.17) is 0 Å². The Morgan fingerprint density at radius 1 is 1.07 bits per heavy atom. The lowest BCUT2D eigenvalue weighted by atomic mass is 9.94. The summed E-state index contributed by atoms with van der Waals surface area (Å²) in [4.78, 5) is 35.3. The molecule has 144 valence electrons. The fraction of sp³-hybridized carbons (Fsp3) is 0.200. The quantitative estimate of drug-likeness (QED) is 0.556. The fourth-order valence-electron chi connectivity index (χ4n) is 3.28. The maximum atomic E-state index is 13.0. The van der Waals surface area contributed by atoms with E-state index in [1.165, 1.54) is 24.3 Å². The number of urea groups is 1. The molecule has 0 bridgehead atoms. The number of benzene rings is 2. The van der Waals surface area contributed by atoms with Crippen LogP contribution in [0.5, 0.6) is 0 Å². The molecule has 0 aromatic heterocycles. The third kappa shape index (κ3) is 4.01. The molecule has 1 aliphatic rings. The number of carbonyl (C=O) groups is 2. The van der Waals surface area contributed by atoms with Crippen LogP contribution >= 0.6 is 0 Å². The molecule has 8 heteroatoms. The number of allylic oxidation sites excluding steroid dienone is 1. The van der Waals surface area contributed by atoms with Gasteiger partial charge < -0.3 is 16.0 Å². The van der Waals surface area contributed by atoms with E-state index >= 15 is 0 Å². The lowest BCUT2D eigenvalue weighted by molar-refractivity contribution is -0.384. The van der Waals surface area contributed by atoms with Gasteiger partial charge in [0, 0.05) is 23.5 Å². The summed E-state index contributed by atoms with van der Waals surface area (Å²) in [6.45, 7) is 5.53. The summed E-state index contributed by atoms with van der Waals surface area (Å²) in [6, 6.07) is 10.3. The first-order chi connectivity index (χ1) is 13.2. The summed E-state index contributed by atoms with van der Waals surface area (Å²) in [5.74, 6) is -0.363. The van der Waals surface area contributed by atoms with Gasteiger partial charge >= 0.3 is 6.03 Å². The Morgan fingerprint density at radius 2 is 1.68 bits per heavy atom. The summed E-state index contributed by atoms with van der Waals surface area (Å²) in [5, 5.41) is 19.1. The van der Waals surface area contributed by atoms with E-state index in [0.717, 1.165) is 11.1 Å². The van der Waals surface area contributed by atoms with E-state index in [0.29, 0.717) is 22.5 Å². The van der Waals surface area contributed by atoms with Crippen molar-refractivity contribution in [3.63, 3.8) is 0 Å². The molecule has 3 rings (SSSR count). The smallest absolute Gasteiger partial charge is 0.319 e. The molecule has 28 heavy (non-hydrogen) atoms. The number of anilines is 1. The molecule has 1 aliphatic heterocycles. The molecule has 3 N–H and O–H groups in total. The Bertz CT molecular complexity index is 976. The van der Waals surface area contributed by atoms with E-state index in [1.54, 1.807) is 6.92 Å². The van der Waals surface area contributed by atoms with Crippen molar-refractivity contribution < 1.29 is 14.5 Å². The number of nitro benzene ring substituents is 1. The van der Waals surface area contributed by atoms with Crippen molar-refractivity contribution in [2.45, 2.75) is 26.8 Å². The van der Waals surface area contributed by atoms with E-state index < -0.39 is 17.0 Å². The van der Waals surface area contributed by atoms with Crippen molar-refractivity contribution in [3.8, 4) is 0 Å². The zero-order valence-electron chi connectivity index (χ0n) is 15.7. The van der Waals surface area contributed by atoms with Crippen molar-refractivity contribution in [1.29, 1.82) is 0 Å². The molecule has 0 radical (unpaired) electrons. The number of carbonyl (C=O) groups excluding carboxylic acids is 2. The maximum absolute atomic E-state index is 13.0. The largest absolute Gasteiger partial charge is 0.327 e. The summed E-state index contributed by atoms with van der Waals surface area (Å²) in [7, 11) is 0. The molecular formula is C20H20N4O4. The predicted octanol–water partition coefficient (Wildman–Crippen LogP) is 3.48. The highest BCUT2D eigenvalue weighted by Gasteiger charge is 2.31. The van der Waals surface area contributed by atoms with Crippen molar-refractivity contribution in [2.75, 3.05) is 5.32 Å². The number of amides is 3. The first kappa shape index (κ1) is 19.1. The van der Waals surface area contributed by atoms with Gasteiger partial charge in [0.25, 0.3) is 11.6 Å². The predicted molar refractivity (Wildman–Crippen MR) is 105 cm³/mol. The molecule has 3 amide bonds. The second-order valence-electron chi connectivity index (χ2n) is 6.75. The Hall–Kier alpha value is -3.68. The van der Waals surface area contributed by atoms with Gasteiger partial charge in [-0.05, 0) is 61.7 Å². The van der Waals surface area contributed by atoms with Crippen LogP contribution in [0.2, 0.25) is 0 Å².